The molecule has 0 atom stereocenters. The molecule has 0 unspecified atom stereocenters. The van der Waals surface area contributed by atoms with E-state index in [0.717, 1.165) is 36.3 Å². The predicted molar refractivity (Wildman–Crippen MR) is 102 cm³/mol. The van der Waals surface area contributed by atoms with Crippen LogP contribution in [0.3, 0.4) is 0 Å². The van der Waals surface area contributed by atoms with E-state index in [-0.39, 0.29) is 17.2 Å². The zero-order valence-corrected chi connectivity index (χ0v) is 16.6. The zero-order chi connectivity index (χ0) is 18.6. The Balaban J connectivity index is 2.09. The van der Waals surface area contributed by atoms with Crippen molar-refractivity contribution in [1.29, 1.82) is 0 Å². The van der Waals surface area contributed by atoms with Crippen molar-refractivity contribution in [2.45, 2.75) is 65.7 Å². The lowest BCUT2D eigenvalue weighted by Gasteiger charge is -2.11. The van der Waals surface area contributed by atoms with E-state index < -0.39 is 0 Å². The summed E-state index contributed by atoms with van der Waals surface area (Å²) in [5.41, 5.74) is 2.70. The molecule has 0 aromatic carbocycles. The molecule has 138 valence electrons. The summed E-state index contributed by atoms with van der Waals surface area (Å²) in [6.45, 7) is 12.0. The Hall–Kier alpha value is -1.76. The number of aromatic nitrogens is 4. The zero-order valence-electron chi connectivity index (χ0n) is 15.8. The van der Waals surface area contributed by atoms with Crippen molar-refractivity contribution in [3.05, 3.63) is 33.5 Å². The molecule has 2 aromatic rings. The number of aryl methyl sites for hydroxylation is 1. The van der Waals surface area contributed by atoms with E-state index in [1.54, 1.807) is 4.57 Å². The van der Waals surface area contributed by atoms with Crippen molar-refractivity contribution in [3.8, 4) is 0 Å². The minimum Gasteiger partial charge on any atom is -0.348 e. The molecule has 0 fully saturated rings. The molecule has 0 aliphatic rings. The van der Waals surface area contributed by atoms with Gasteiger partial charge in [0.1, 0.15) is 0 Å². The molecule has 0 saturated carbocycles. The van der Waals surface area contributed by atoms with Crippen LogP contribution in [0.2, 0.25) is 0 Å². The number of Topliss-reactive ketones (excluding diaryl/α,β-unsaturated/α-hetero) is 1. The number of H-pyrrole nitrogens is 1. The highest BCUT2D eigenvalue weighted by Crippen LogP contribution is 2.21. The summed E-state index contributed by atoms with van der Waals surface area (Å²) < 4.78 is 3.81. The first-order chi connectivity index (χ1) is 11.8. The number of carbonyl (C=O) groups is 1. The smallest absolute Gasteiger partial charge is 0.343 e. The number of hydrogen-bond donors (Lipinski definition) is 1. The van der Waals surface area contributed by atoms with Crippen LogP contribution in [0.25, 0.3) is 0 Å². The summed E-state index contributed by atoms with van der Waals surface area (Å²) in [5, 5.41) is 7.06. The normalized spacial score (nSPS) is 11.4. The molecule has 0 radical (unpaired) electrons. The summed E-state index contributed by atoms with van der Waals surface area (Å²) in [4.78, 5) is 24.4. The second kappa shape index (κ2) is 8.56. The van der Waals surface area contributed by atoms with E-state index in [4.69, 9.17) is 0 Å². The number of rotatable bonds is 9. The molecule has 0 saturated heterocycles. The molecule has 6 nitrogen and oxygen atoms in total. The van der Waals surface area contributed by atoms with Crippen LogP contribution < -0.4 is 5.69 Å². The highest BCUT2D eigenvalue weighted by Gasteiger charge is 2.17. The van der Waals surface area contributed by atoms with Crippen molar-refractivity contribution in [2.75, 3.05) is 5.75 Å². The Bertz CT molecular complexity index is 786. The number of carbonyl (C=O) groups excluding carboxylic acids is 1. The van der Waals surface area contributed by atoms with Crippen LogP contribution in [0.15, 0.2) is 16.0 Å². The number of nitrogens with zero attached hydrogens (tertiary/aromatic N) is 3. The van der Waals surface area contributed by atoms with Crippen LogP contribution in [-0.4, -0.2) is 30.9 Å². The molecule has 0 spiro atoms. The third-order valence-electron chi connectivity index (χ3n) is 4.31. The molecule has 25 heavy (non-hydrogen) atoms. The molecule has 2 heterocycles. The quantitative estimate of drug-likeness (QED) is 0.546. The predicted octanol–water partition coefficient (Wildman–Crippen LogP) is 3.42. The van der Waals surface area contributed by atoms with Crippen LogP contribution >= 0.6 is 11.8 Å². The SMILES string of the molecule is CCCn1c(SCC(=O)c2cc(C)n(CCC(C)C)c2C)n[nH]c1=O. The van der Waals surface area contributed by atoms with Gasteiger partial charge in [-0.2, -0.15) is 0 Å². The Morgan fingerprint density at radius 2 is 2.00 bits per heavy atom. The van der Waals surface area contributed by atoms with Crippen molar-refractivity contribution in [2.24, 2.45) is 5.92 Å². The second-order valence-electron chi connectivity index (χ2n) is 6.79. The van der Waals surface area contributed by atoms with Gasteiger partial charge in [-0.15, -0.1) is 5.10 Å². The average Bonchev–Trinajstić information content (AvgIpc) is 3.04. The van der Waals surface area contributed by atoms with E-state index in [1.165, 1.54) is 11.8 Å². The first-order valence-electron chi connectivity index (χ1n) is 8.83. The van der Waals surface area contributed by atoms with Gasteiger partial charge in [0, 0.05) is 30.0 Å². The van der Waals surface area contributed by atoms with Gasteiger partial charge >= 0.3 is 5.69 Å². The van der Waals surface area contributed by atoms with Crippen LogP contribution in [-0.2, 0) is 13.1 Å². The van der Waals surface area contributed by atoms with Gasteiger partial charge in [0.2, 0.25) is 0 Å². The Labute approximate surface area is 153 Å². The Morgan fingerprint density at radius 1 is 1.28 bits per heavy atom. The molecule has 2 rings (SSSR count). The summed E-state index contributed by atoms with van der Waals surface area (Å²) in [7, 11) is 0. The van der Waals surface area contributed by atoms with Crippen molar-refractivity contribution >= 4 is 17.5 Å². The van der Waals surface area contributed by atoms with Crippen LogP contribution in [0.5, 0.6) is 0 Å². The van der Waals surface area contributed by atoms with Crippen LogP contribution in [0.1, 0.15) is 55.4 Å². The minimum atomic E-state index is -0.219. The van der Waals surface area contributed by atoms with E-state index >= 15 is 0 Å². The van der Waals surface area contributed by atoms with E-state index in [0.29, 0.717) is 17.6 Å². The maximum atomic E-state index is 12.7. The lowest BCUT2D eigenvalue weighted by atomic mass is 10.1. The summed E-state index contributed by atoms with van der Waals surface area (Å²) in [6.07, 6.45) is 1.94. The lowest BCUT2D eigenvalue weighted by Crippen LogP contribution is -2.17. The topological polar surface area (TPSA) is 72.7 Å². The number of hydrogen-bond acceptors (Lipinski definition) is 4. The number of thioether (sulfide) groups is 1. The maximum Gasteiger partial charge on any atom is 0.343 e. The fourth-order valence-corrected chi connectivity index (χ4v) is 3.71. The monoisotopic (exact) mass is 364 g/mol. The summed E-state index contributed by atoms with van der Waals surface area (Å²) in [6, 6.07) is 1.97. The molecule has 0 aliphatic heterocycles. The maximum absolute atomic E-state index is 12.7. The minimum absolute atomic E-state index is 0.0763. The third-order valence-corrected chi connectivity index (χ3v) is 5.28. The molecular weight excluding hydrogens is 336 g/mol. The van der Waals surface area contributed by atoms with E-state index in [1.807, 2.05) is 26.8 Å². The molecule has 2 aromatic heterocycles. The average molecular weight is 365 g/mol. The molecule has 0 amide bonds. The van der Waals surface area contributed by atoms with Gasteiger partial charge in [-0.1, -0.05) is 32.5 Å². The highest BCUT2D eigenvalue weighted by atomic mass is 32.2. The van der Waals surface area contributed by atoms with Gasteiger partial charge in [0.15, 0.2) is 10.9 Å². The first-order valence-corrected chi connectivity index (χ1v) is 9.81. The van der Waals surface area contributed by atoms with Crippen molar-refractivity contribution in [1.82, 2.24) is 19.3 Å². The largest absolute Gasteiger partial charge is 0.348 e. The fraction of sp³-hybridized carbons (Fsp3) is 0.611. The molecule has 0 bridgehead atoms. The van der Waals surface area contributed by atoms with Gasteiger partial charge in [-0.3, -0.25) is 9.36 Å². The van der Waals surface area contributed by atoms with E-state index in [9.17, 15) is 9.59 Å². The number of ketones is 1. The summed E-state index contributed by atoms with van der Waals surface area (Å²) >= 11 is 1.31. The van der Waals surface area contributed by atoms with Gasteiger partial charge in [-0.25, -0.2) is 9.89 Å². The van der Waals surface area contributed by atoms with Gasteiger partial charge in [0.25, 0.3) is 0 Å². The Kier molecular flexibility index (Phi) is 6.70. The van der Waals surface area contributed by atoms with Crippen molar-refractivity contribution in [3.63, 3.8) is 0 Å². The van der Waals surface area contributed by atoms with Crippen LogP contribution in [0.4, 0.5) is 0 Å². The van der Waals surface area contributed by atoms with Crippen molar-refractivity contribution < 1.29 is 4.79 Å². The third kappa shape index (κ3) is 4.66. The number of aromatic amines is 1. The Morgan fingerprint density at radius 3 is 2.64 bits per heavy atom. The highest BCUT2D eigenvalue weighted by molar-refractivity contribution is 7.99. The molecular formula is C18H28N4O2S. The van der Waals surface area contributed by atoms with Gasteiger partial charge < -0.3 is 4.57 Å². The molecule has 7 heteroatoms. The van der Waals surface area contributed by atoms with E-state index in [2.05, 4.69) is 28.6 Å². The fourth-order valence-electron chi connectivity index (χ4n) is 2.86. The lowest BCUT2D eigenvalue weighted by molar-refractivity contribution is 0.102. The standard InChI is InChI=1S/C18H28N4O2S/c1-6-8-22-17(24)19-20-18(22)25-11-16(23)15-10-13(4)21(14(15)5)9-7-12(2)3/h10,12H,6-9,11H2,1-5H3,(H,19,24). The summed E-state index contributed by atoms with van der Waals surface area (Å²) in [5.74, 6) is 0.987. The van der Waals surface area contributed by atoms with Gasteiger partial charge in [0.05, 0.1) is 5.75 Å². The second-order valence-corrected chi connectivity index (χ2v) is 7.74. The molecule has 1 N–H and O–H groups in total. The molecule has 0 aliphatic carbocycles. The van der Waals surface area contributed by atoms with Crippen LogP contribution in [0, 0.1) is 19.8 Å². The van der Waals surface area contributed by atoms with Gasteiger partial charge in [-0.05, 0) is 38.7 Å². The first kappa shape index (κ1) is 19.6. The number of nitrogens with one attached hydrogen (secondary N) is 1.